The molecule has 0 aromatic carbocycles. The summed E-state index contributed by atoms with van der Waals surface area (Å²) in [5, 5.41) is 7.62. The second-order valence-electron chi connectivity index (χ2n) is 3.77. The van der Waals surface area contributed by atoms with E-state index < -0.39 is 0 Å². The maximum Gasteiger partial charge on any atom is 0.0587 e. The van der Waals surface area contributed by atoms with Crippen LogP contribution in [0, 0.1) is 0 Å². The standard InChI is InChI=1S/C12H23N3O2/c1-3-17-9-4-8-15-12(5-6-14-15)11-13-7-10-16-2/h5-6,13H,3-4,7-11H2,1-2H3. The molecule has 17 heavy (non-hydrogen) atoms. The van der Waals surface area contributed by atoms with E-state index in [0.29, 0.717) is 0 Å². The van der Waals surface area contributed by atoms with Crippen LogP contribution in [0.4, 0.5) is 0 Å². The second-order valence-corrected chi connectivity index (χ2v) is 3.77. The Balaban J connectivity index is 2.22. The minimum Gasteiger partial charge on any atom is -0.383 e. The molecular formula is C12H23N3O2. The maximum absolute atomic E-state index is 5.31. The van der Waals surface area contributed by atoms with E-state index in [0.717, 1.165) is 45.9 Å². The van der Waals surface area contributed by atoms with Crippen LogP contribution in [0.1, 0.15) is 19.0 Å². The van der Waals surface area contributed by atoms with Gasteiger partial charge in [0.2, 0.25) is 0 Å². The van der Waals surface area contributed by atoms with Crippen LogP contribution in [0.5, 0.6) is 0 Å². The molecule has 1 heterocycles. The molecule has 1 aromatic heterocycles. The molecule has 1 N–H and O–H groups in total. The van der Waals surface area contributed by atoms with Gasteiger partial charge in [0.15, 0.2) is 0 Å². The summed E-state index contributed by atoms with van der Waals surface area (Å²) in [7, 11) is 1.71. The number of aryl methyl sites for hydroxylation is 1. The van der Waals surface area contributed by atoms with Crippen molar-refractivity contribution in [2.75, 3.05) is 33.5 Å². The van der Waals surface area contributed by atoms with E-state index in [2.05, 4.69) is 10.4 Å². The Kier molecular flexibility index (Phi) is 7.62. The Labute approximate surface area is 103 Å². The van der Waals surface area contributed by atoms with Crippen molar-refractivity contribution >= 4 is 0 Å². The molecule has 0 spiro atoms. The zero-order valence-electron chi connectivity index (χ0n) is 10.8. The van der Waals surface area contributed by atoms with E-state index in [4.69, 9.17) is 9.47 Å². The van der Waals surface area contributed by atoms with Crippen molar-refractivity contribution in [3.8, 4) is 0 Å². The topological polar surface area (TPSA) is 48.3 Å². The van der Waals surface area contributed by atoms with E-state index in [1.54, 1.807) is 7.11 Å². The highest BCUT2D eigenvalue weighted by Crippen LogP contribution is 2.00. The van der Waals surface area contributed by atoms with Crippen LogP contribution in [-0.2, 0) is 22.6 Å². The summed E-state index contributed by atoms with van der Waals surface area (Å²) in [4.78, 5) is 0. The Morgan fingerprint density at radius 3 is 3.06 bits per heavy atom. The first kappa shape index (κ1) is 14.2. The van der Waals surface area contributed by atoms with Gasteiger partial charge in [-0.05, 0) is 19.4 Å². The van der Waals surface area contributed by atoms with Crippen molar-refractivity contribution in [3.63, 3.8) is 0 Å². The summed E-state index contributed by atoms with van der Waals surface area (Å²) >= 11 is 0. The Morgan fingerprint density at radius 1 is 1.41 bits per heavy atom. The van der Waals surface area contributed by atoms with Crippen molar-refractivity contribution in [1.29, 1.82) is 0 Å². The van der Waals surface area contributed by atoms with E-state index in [1.807, 2.05) is 23.9 Å². The normalized spacial score (nSPS) is 10.9. The molecule has 0 aliphatic carbocycles. The first-order valence-corrected chi connectivity index (χ1v) is 6.16. The largest absolute Gasteiger partial charge is 0.383 e. The molecule has 0 amide bonds. The zero-order chi connectivity index (χ0) is 12.3. The van der Waals surface area contributed by atoms with E-state index in [1.165, 1.54) is 5.69 Å². The summed E-state index contributed by atoms with van der Waals surface area (Å²) < 4.78 is 12.3. The van der Waals surface area contributed by atoms with Crippen molar-refractivity contribution in [2.24, 2.45) is 0 Å². The average Bonchev–Trinajstić information content (AvgIpc) is 2.78. The minimum absolute atomic E-state index is 0.735. The molecule has 0 atom stereocenters. The molecule has 1 rings (SSSR count). The molecule has 0 saturated heterocycles. The van der Waals surface area contributed by atoms with Crippen LogP contribution in [-0.4, -0.2) is 43.3 Å². The quantitative estimate of drug-likeness (QED) is 0.622. The fraction of sp³-hybridized carbons (Fsp3) is 0.750. The first-order valence-electron chi connectivity index (χ1n) is 6.16. The van der Waals surface area contributed by atoms with Crippen molar-refractivity contribution in [3.05, 3.63) is 18.0 Å². The number of hydrogen-bond acceptors (Lipinski definition) is 4. The number of methoxy groups -OCH3 is 1. The molecule has 0 bridgehead atoms. The van der Waals surface area contributed by atoms with Crippen LogP contribution in [0.3, 0.4) is 0 Å². The Hall–Kier alpha value is -0.910. The van der Waals surface area contributed by atoms with Gasteiger partial charge in [-0.15, -0.1) is 0 Å². The molecule has 5 nitrogen and oxygen atoms in total. The number of rotatable bonds is 10. The number of hydrogen-bond donors (Lipinski definition) is 1. The fourth-order valence-corrected chi connectivity index (χ4v) is 1.56. The molecule has 5 heteroatoms. The van der Waals surface area contributed by atoms with Gasteiger partial charge in [0.1, 0.15) is 0 Å². The lowest BCUT2D eigenvalue weighted by Crippen LogP contribution is -2.21. The molecule has 0 aliphatic rings. The predicted molar refractivity (Wildman–Crippen MR) is 66.9 cm³/mol. The number of nitrogens with zero attached hydrogens (tertiary/aromatic N) is 2. The molecule has 0 radical (unpaired) electrons. The van der Waals surface area contributed by atoms with Gasteiger partial charge in [0.25, 0.3) is 0 Å². The van der Waals surface area contributed by atoms with E-state index in [9.17, 15) is 0 Å². The summed E-state index contributed by atoms with van der Waals surface area (Å²) in [5.74, 6) is 0. The van der Waals surface area contributed by atoms with Crippen molar-refractivity contribution in [2.45, 2.75) is 26.4 Å². The fourth-order valence-electron chi connectivity index (χ4n) is 1.56. The van der Waals surface area contributed by atoms with Crippen LogP contribution < -0.4 is 5.32 Å². The highest BCUT2D eigenvalue weighted by Gasteiger charge is 2.01. The van der Waals surface area contributed by atoms with Gasteiger partial charge in [0.05, 0.1) is 12.3 Å². The summed E-state index contributed by atoms with van der Waals surface area (Å²) in [5.41, 5.74) is 1.21. The van der Waals surface area contributed by atoms with Gasteiger partial charge in [0, 0.05) is 46.2 Å². The lowest BCUT2D eigenvalue weighted by molar-refractivity contribution is 0.140. The van der Waals surface area contributed by atoms with Gasteiger partial charge in [-0.1, -0.05) is 0 Å². The molecular weight excluding hydrogens is 218 g/mol. The van der Waals surface area contributed by atoms with Crippen LogP contribution >= 0.6 is 0 Å². The lowest BCUT2D eigenvalue weighted by atomic mass is 10.4. The van der Waals surface area contributed by atoms with Gasteiger partial charge < -0.3 is 14.8 Å². The van der Waals surface area contributed by atoms with Crippen molar-refractivity contribution < 1.29 is 9.47 Å². The average molecular weight is 241 g/mol. The molecule has 0 unspecified atom stereocenters. The third kappa shape index (κ3) is 5.81. The molecule has 0 fully saturated rings. The van der Waals surface area contributed by atoms with Crippen molar-refractivity contribution in [1.82, 2.24) is 15.1 Å². The van der Waals surface area contributed by atoms with Gasteiger partial charge in [-0.25, -0.2) is 0 Å². The van der Waals surface area contributed by atoms with E-state index in [-0.39, 0.29) is 0 Å². The summed E-state index contributed by atoms with van der Waals surface area (Å²) in [6.45, 7) is 6.93. The third-order valence-corrected chi connectivity index (χ3v) is 2.46. The van der Waals surface area contributed by atoms with Crippen LogP contribution in [0.15, 0.2) is 12.3 Å². The first-order chi connectivity index (χ1) is 8.38. The van der Waals surface area contributed by atoms with E-state index >= 15 is 0 Å². The molecule has 0 saturated carbocycles. The highest BCUT2D eigenvalue weighted by atomic mass is 16.5. The Bertz CT molecular complexity index is 263. The number of nitrogens with one attached hydrogen (secondary N) is 1. The summed E-state index contributed by atoms with van der Waals surface area (Å²) in [6, 6.07) is 2.04. The monoisotopic (exact) mass is 241 g/mol. The molecule has 1 aromatic rings. The van der Waals surface area contributed by atoms with Gasteiger partial charge in [-0.3, -0.25) is 4.68 Å². The summed E-state index contributed by atoms with van der Waals surface area (Å²) in [6.07, 6.45) is 2.84. The van der Waals surface area contributed by atoms with Crippen LogP contribution in [0.2, 0.25) is 0 Å². The Morgan fingerprint density at radius 2 is 2.29 bits per heavy atom. The smallest absolute Gasteiger partial charge is 0.0587 e. The number of aromatic nitrogens is 2. The molecule has 0 aliphatic heterocycles. The minimum atomic E-state index is 0.735. The van der Waals surface area contributed by atoms with Gasteiger partial charge in [-0.2, -0.15) is 5.10 Å². The zero-order valence-corrected chi connectivity index (χ0v) is 10.8. The van der Waals surface area contributed by atoms with Gasteiger partial charge >= 0.3 is 0 Å². The van der Waals surface area contributed by atoms with Crippen LogP contribution in [0.25, 0.3) is 0 Å². The second kappa shape index (κ2) is 9.15. The predicted octanol–water partition coefficient (Wildman–Crippen LogP) is 1.05. The maximum atomic E-state index is 5.31. The lowest BCUT2D eigenvalue weighted by Gasteiger charge is -2.08. The number of ether oxygens (including phenoxy) is 2. The third-order valence-electron chi connectivity index (χ3n) is 2.46. The SMILES string of the molecule is CCOCCCn1nccc1CNCCOC. The highest BCUT2D eigenvalue weighted by molar-refractivity contribution is 4.99. The molecule has 98 valence electrons.